The maximum atomic E-state index is 12.3. The molecule has 0 radical (unpaired) electrons. The second-order valence-corrected chi connectivity index (χ2v) is 5.97. The zero-order chi connectivity index (χ0) is 16.8. The summed E-state index contributed by atoms with van der Waals surface area (Å²) in [6.07, 6.45) is 3.90. The number of nitrogens with one attached hydrogen (secondary N) is 1. The molecule has 0 saturated carbocycles. The molecular weight excluding hydrogens is 310 g/mol. The van der Waals surface area contributed by atoms with Crippen LogP contribution in [-0.4, -0.2) is 42.0 Å². The van der Waals surface area contributed by atoms with E-state index in [0.717, 1.165) is 5.56 Å². The molecule has 0 aliphatic heterocycles. The Morgan fingerprint density at radius 3 is 2.48 bits per heavy atom. The second kappa shape index (κ2) is 7.78. The van der Waals surface area contributed by atoms with Gasteiger partial charge in [-0.25, -0.2) is 4.98 Å². The minimum atomic E-state index is -0.195. The topological polar surface area (TPSA) is 62.3 Å². The standard InChI is InChI=1S/C17H19N3O2S/c1-20(2)15(21)11-12-6-8-13(9-7-12)19-16(22)14-5-4-10-18-17(14)23-3/h4-10H,11H2,1-3H3,(H,19,22). The van der Waals surface area contributed by atoms with Gasteiger partial charge < -0.3 is 10.2 Å². The summed E-state index contributed by atoms with van der Waals surface area (Å²) in [7, 11) is 3.46. The predicted octanol–water partition coefficient (Wildman–Crippen LogP) is 2.69. The van der Waals surface area contributed by atoms with E-state index in [9.17, 15) is 9.59 Å². The highest BCUT2D eigenvalue weighted by atomic mass is 32.2. The van der Waals surface area contributed by atoms with Crippen LogP contribution >= 0.6 is 11.8 Å². The van der Waals surface area contributed by atoms with E-state index < -0.39 is 0 Å². The van der Waals surface area contributed by atoms with Crippen LogP contribution in [0, 0.1) is 0 Å². The summed E-state index contributed by atoms with van der Waals surface area (Å²) in [5, 5.41) is 3.54. The third-order valence-electron chi connectivity index (χ3n) is 3.28. The van der Waals surface area contributed by atoms with Gasteiger partial charge in [-0.15, -0.1) is 11.8 Å². The van der Waals surface area contributed by atoms with Gasteiger partial charge in [0.25, 0.3) is 5.91 Å². The van der Waals surface area contributed by atoms with Crippen LogP contribution in [0.3, 0.4) is 0 Å². The first-order valence-corrected chi connectivity index (χ1v) is 8.33. The lowest BCUT2D eigenvalue weighted by Crippen LogP contribution is -2.23. The lowest BCUT2D eigenvalue weighted by Gasteiger charge is -2.11. The zero-order valence-corrected chi connectivity index (χ0v) is 14.2. The first kappa shape index (κ1) is 17.0. The van der Waals surface area contributed by atoms with Gasteiger partial charge in [-0.1, -0.05) is 12.1 Å². The van der Waals surface area contributed by atoms with E-state index in [1.54, 1.807) is 49.5 Å². The van der Waals surface area contributed by atoms with E-state index in [4.69, 9.17) is 0 Å². The predicted molar refractivity (Wildman–Crippen MR) is 92.8 cm³/mol. The molecule has 1 aromatic heterocycles. The number of pyridine rings is 1. The number of amides is 2. The Morgan fingerprint density at radius 2 is 1.87 bits per heavy atom. The minimum absolute atomic E-state index is 0.0433. The average Bonchev–Trinajstić information content (AvgIpc) is 2.56. The monoisotopic (exact) mass is 329 g/mol. The third kappa shape index (κ3) is 4.56. The molecule has 0 saturated heterocycles. The summed E-state index contributed by atoms with van der Waals surface area (Å²) in [4.78, 5) is 29.7. The fourth-order valence-electron chi connectivity index (χ4n) is 1.96. The SMILES string of the molecule is CSc1ncccc1C(=O)Nc1ccc(CC(=O)N(C)C)cc1. The molecule has 0 atom stereocenters. The summed E-state index contributed by atoms with van der Waals surface area (Å²) < 4.78 is 0. The first-order valence-electron chi connectivity index (χ1n) is 7.10. The van der Waals surface area contributed by atoms with E-state index in [1.807, 2.05) is 18.4 Å². The number of thioether (sulfide) groups is 1. The summed E-state index contributed by atoms with van der Waals surface area (Å²) in [5.41, 5.74) is 2.15. The molecule has 0 aliphatic carbocycles. The quantitative estimate of drug-likeness (QED) is 0.857. The maximum Gasteiger partial charge on any atom is 0.258 e. The number of anilines is 1. The van der Waals surface area contributed by atoms with Crippen LogP contribution in [0.5, 0.6) is 0 Å². The van der Waals surface area contributed by atoms with Crippen molar-refractivity contribution in [3.63, 3.8) is 0 Å². The lowest BCUT2D eigenvalue weighted by molar-refractivity contribution is -0.127. The van der Waals surface area contributed by atoms with Crippen molar-refractivity contribution in [2.24, 2.45) is 0 Å². The van der Waals surface area contributed by atoms with E-state index in [2.05, 4.69) is 10.3 Å². The molecule has 120 valence electrons. The molecule has 1 heterocycles. The van der Waals surface area contributed by atoms with E-state index in [1.165, 1.54) is 11.8 Å². The summed E-state index contributed by atoms with van der Waals surface area (Å²) in [5.74, 6) is -0.152. The average molecular weight is 329 g/mol. The summed E-state index contributed by atoms with van der Waals surface area (Å²) in [6, 6.07) is 10.8. The van der Waals surface area contributed by atoms with Crippen LogP contribution < -0.4 is 5.32 Å². The summed E-state index contributed by atoms with van der Waals surface area (Å²) in [6.45, 7) is 0. The molecule has 0 unspecified atom stereocenters. The Labute approximate surface area is 140 Å². The van der Waals surface area contributed by atoms with Crippen molar-refractivity contribution < 1.29 is 9.59 Å². The van der Waals surface area contributed by atoms with Crippen molar-refractivity contribution in [2.75, 3.05) is 25.7 Å². The van der Waals surface area contributed by atoms with Crippen LogP contribution in [-0.2, 0) is 11.2 Å². The molecule has 0 aliphatic rings. The lowest BCUT2D eigenvalue weighted by atomic mass is 10.1. The fraction of sp³-hybridized carbons (Fsp3) is 0.235. The molecule has 2 rings (SSSR count). The van der Waals surface area contributed by atoms with Crippen molar-refractivity contribution in [1.82, 2.24) is 9.88 Å². The van der Waals surface area contributed by atoms with E-state index >= 15 is 0 Å². The molecule has 1 aromatic carbocycles. The number of carbonyl (C=O) groups excluding carboxylic acids is 2. The van der Waals surface area contributed by atoms with Gasteiger partial charge in [0.1, 0.15) is 5.03 Å². The third-order valence-corrected chi connectivity index (χ3v) is 3.99. The van der Waals surface area contributed by atoms with Crippen LogP contribution in [0.15, 0.2) is 47.6 Å². The van der Waals surface area contributed by atoms with Gasteiger partial charge in [0.15, 0.2) is 0 Å². The fourth-order valence-corrected chi connectivity index (χ4v) is 2.51. The molecule has 5 nitrogen and oxygen atoms in total. The van der Waals surface area contributed by atoms with Crippen molar-refractivity contribution in [2.45, 2.75) is 11.4 Å². The van der Waals surface area contributed by atoms with Crippen molar-refractivity contribution in [3.05, 3.63) is 53.7 Å². The number of hydrogen-bond donors (Lipinski definition) is 1. The van der Waals surface area contributed by atoms with Gasteiger partial charge in [-0.05, 0) is 36.1 Å². The number of aromatic nitrogens is 1. The Morgan fingerprint density at radius 1 is 1.17 bits per heavy atom. The Hall–Kier alpha value is -2.34. The van der Waals surface area contributed by atoms with Gasteiger partial charge in [-0.2, -0.15) is 0 Å². The molecular formula is C17H19N3O2S. The Bertz CT molecular complexity index is 699. The molecule has 0 fully saturated rings. The molecule has 6 heteroatoms. The molecule has 2 amide bonds. The van der Waals surface area contributed by atoms with Gasteiger partial charge in [0, 0.05) is 26.0 Å². The molecule has 1 N–H and O–H groups in total. The maximum absolute atomic E-state index is 12.3. The number of nitrogens with zero attached hydrogens (tertiary/aromatic N) is 2. The molecule has 0 bridgehead atoms. The largest absolute Gasteiger partial charge is 0.349 e. The van der Waals surface area contributed by atoms with E-state index in [-0.39, 0.29) is 11.8 Å². The highest BCUT2D eigenvalue weighted by molar-refractivity contribution is 7.98. The first-order chi connectivity index (χ1) is 11.0. The minimum Gasteiger partial charge on any atom is -0.349 e. The van der Waals surface area contributed by atoms with E-state index in [0.29, 0.717) is 22.7 Å². The van der Waals surface area contributed by atoms with Gasteiger partial charge >= 0.3 is 0 Å². The normalized spacial score (nSPS) is 10.2. The second-order valence-electron chi connectivity index (χ2n) is 5.18. The summed E-state index contributed by atoms with van der Waals surface area (Å²) >= 11 is 1.43. The molecule has 23 heavy (non-hydrogen) atoms. The highest BCUT2D eigenvalue weighted by Crippen LogP contribution is 2.19. The van der Waals surface area contributed by atoms with Gasteiger partial charge in [-0.3, -0.25) is 9.59 Å². The Balaban J connectivity index is 2.06. The van der Waals surface area contributed by atoms with Crippen molar-refractivity contribution in [1.29, 1.82) is 0 Å². The Kier molecular flexibility index (Phi) is 5.76. The number of benzene rings is 1. The highest BCUT2D eigenvalue weighted by Gasteiger charge is 2.12. The van der Waals surface area contributed by atoms with Gasteiger partial charge in [0.2, 0.25) is 5.91 Å². The zero-order valence-electron chi connectivity index (χ0n) is 13.4. The molecule has 2 aromatic rings. The smallest absolute Gasteiger partial charge is 0.258 e. The van der Waals surface area contributed by atoms with Gasteiger partial charge in [0.05, 0.1) is 12.0 Å². The molecule has 0 spiro atoms. The number of hydrogen-bond acceptors (Lipinski definition) is 4. The number of likely N-dealkylation sites (N-methyl/N-ethyl adjacent to an activating group) is 1. The van der Waals surface area contributed by atoms with Crippen LogP contribution in [0.4, 0.5) is 5.69 Å². The number of rotatable bonds is 5. The van der Waals surface area contributed by atoms with Crippen LogP contribution in [0.2, 0.25) is 0 Å². The van der Waals surface area contributed by atoms with Crippen LogP contribution in [0.25, 0.3) is 0 Å². The number of carbonyl (C=O) groups is 2. The van der Waals surface area contributed by atoms with Crippen molar-refractivity contribution in [3.8, 4) is 0 Å². The van der Waals surface area contributed by atoms with Crippen LogP contribution in [0.1, 0.15) is 15.9 Å². The van der Waals surface area contributed by atoms with Crippen molar-refractivity contribution >= 4 is 29.3 Å².